The van der Waals surface area contributed by atoms with E-state index in [1.807, 2.05) is 37.3 Å². The van der Waals surface area contributed by atoms with E-state index in [4.69, 9.17) is 4.74 Å². The summed E-state index contributed by atoms with van der Waals surface area (Å²) in [5.74, 6) is -0.975. The van der Waals surface area contributed by atoms with Crippen LogP contribution in [-0.4, -0.2) is 46.1 Å². The summed E-state index contributed by atoms with van der Waals surface area (Å²) in [5, 5.41) is 10.3. The molecule has 6 heteroatoms. The molecule has 1 N–H and O–H groups in total. The number of benzene rings is 2. The highest BCUT2D eigenvalue weighted by Crippen LogP contribution is 2.33. The highest BCUT2D eigenvalue weighted by atomic mass is 16.5. The van der Waals surface area contributed by atoms with Crippen LogP contribution in [0.5, 0.6) is 5.75 Å². The van der Waals surface area contributed by atoms with E-state index in [9.17, 15) is 14.7 Å². The maximum atomic E-state index is 12.9. The summed E-state index contributed by atoms with van der Waals surface area (Å²) in [6.45, 7) is 6.57. The third-order valence-electron chi connectivity index (χ3n) is 6.09. The van der Waals surface area contributed by atoms with Crippen molar-refractivity contribution in [2.24, 2.45) is 5.92 Å². The zero-order valence-corrected chi connectivity index (χ0v) is 18.7. The van der Waals surface area contributed by atoms with Gasteiger partial charge in [0, 0.05) is 30.2 Å². The van der Waals surface area contributed by atoms with Gasteiger partial charge in [0.15, 0.2) is 6.10 Å². The molecule has 0 radical (unpaired) electrons. The Morgan fingerprint density at radius 2 is 1.91 bits per heavy atom. The summed E-state index contributed by atoms with van der Waals surface area (Å²) in [6, 6.07) is 16.1. The Hall–Kier alpha value is -3.41. The summed E-state index contributed by atoms with van der Waals surface area (Å²) in [6.07, 6.45) is 0.587. The third-order valence-corrected chi connectivity index (χ3v) is 6.09. The molecule has 2 heterocycles. The van der Waals surface area contributed by atoms with Crippen molar-refractivity contribution < 1.29 is 19.4 Å². The molecule has 1 aliphatic heterocycles. The van der Waals surface area contributed by atoms with Crippen LogP contribution in [0.4, 0.5) is 0 Å². The van der Waals surface area contributed by atoms with Crippen molar-refractivity contribution in [3.05, 3.63) is 59.8 Å². The zero-order chi connectivity index (χ0) is 22.8. The maximum absolute atomic E-state index is 12.9. The largest absolute Gasteiger partial charge is 0.481 e. The first-order valence-electron chi connectivity index (χ1n) is 11.0. The summed E-state index contributed by atoms with van der Waals surface area (Å²) >= 11 is 0. The Bertz CT molecular complexity index is 1170. The first kappa shape index (κ1) is 21.8. The van der Waals surface area contributed by atoms with Crippen molar-refractivity contribution in [2.45, 2.75) is 39.7 Å². The SMILES string of the molecule is Cc1cc(-c2ccccc2C)c2ccc(O[C@H](C)C(=O)N3CCC[C@H](C(=O)O)C3)cc2n1. The summed E-state index contributed by atoms with van der Waals surface area (Å²) < 4.78 is 5.96. The standard InChI is InChI=1S/C26H28N2O4/c1-16-7-4-5-9-21(16)23-13-17(2)27-24-14-20(10-11-22(23)24)32-18(3)25(29)28-12-6-8-19(15-28)26(30)31/h4-5,7,9-11,13-14,18-19H,6,8,12,15H2,1-3H3,(H,30,31)/t18-,19+/m1/s1. The number of likely N-dealkylation sites (tertiary alicyclic amines) is 1. The number of ether oxygens (including phenoxy) is 1. The highest BCUT2D eigenvalue weighted by molar-refractivity contribution is 5.96. The second-order valence-electron chi connectivity index (χ2n) is 8.53. The quantitative estimate of drug-likeness (QED) is 0.637. The molecule has 6 nitrogen and oxygen atoms in total. The van der Waals surface area contributed by atoms with Gasteiger partial charge in [0.1, 0.15) is 5.75 Å². The molecule has 32 heavy (non-hydrogen) atoms. The van der Waals surface area contributed by atoms with Gasteiger partial charge in [-0.05, 0) is 68.5 Å². The van der Waals surface area contributed by atoms with E-state index in [2.05, 4.69) is 30.1 Å². The Balaban J connectivity index is 1.57. The molecule has 4 rings (SSSR count). The van der Waals surface area contributed by atoms with E-state index in [0.29, 0.717) is 25.1 Å². The molecular formula is C26H28N2O4. The smallest absolute Gasteiger partial charge is 0.308 e. The van der Waals surface area contributed by atoms with E-state index in [1.165, 1.54) is 11.1 Å². The lowest BCUT2D eigenvalue weighted by Gasteiger charge is -2.32. The number of rotatable bonds is 5. The molecule has 166 valence electrons. The number of carboxylic acids is 1. The predicted molar refractivity (Wildman–Crippen MR) is 124 cm³/mol. The molecule has 2 aromatic carbocycles. The van der Waals surface area contributed by atoms with Crippen molar-refractivity contribution >= 4 is 22.8 Å². The van der Waals surface area contributed by atoms with Gasteiger partial charge in [-0.25, -0.2) is 0 Å². The van der Waals surface area contributed by atoms with E-state index in [1.54, 1.807) is 11.8 Å². The van der Waals surface area contributed by atoms with Crippen LogP contribution in [0.3, 0.4) is 0 Å². The number of piperidine rings is 1. The van der Waals surface area contributed by atoms with Gasteiger partial charge < -0.3 is 14.7 Å². The summed E-state index contributed by atoms with van der Waals surface area (Å²) in [4.78, 5) is 30.5. The number of pyridine rings is 1. The Labute approximate surface area is 187 Å². The third kappa shape index (κ3) is 4.44. The Morgan fingerprint density at radius 1 is 1.12 bits per heavy atom. The van der Waals surface area contributed by atoms with Crippen molar-refractivity contribution in [1.82, 2.24) is 9.88 Å². The number of hydrogen-bond acceptors (Lipinski definition) is 4. The van der Waals surface area contributed by atoms with Crippen LogP contribution in [0, 0.1) is 19.8 Å². The van der Waals surface area contributed by atoms with Crippen molar-refractivity contribution in [3.63, 3.8) is 0 Å². The van der Waals surface area contributed by atoms with E-state index >= 15 is 0 Å². The van der Waals surface area contributed by atoms with Crippen LogP contribution in [0.15, 0.2) is 48.5 Å². The van der Waals surface area contributed by atoms with Crippen LogP contribution in [0.25, 0.3) is 22.0 Å². The number of carboxylic acid groups (broad SMARTS) is 1. The van der Waals surface area contributed by atoms with Gasteiger partial charge >= 0.3 is 5.97 Å². The van der Waals surface area contributed by atoms with Crippen LogP contribution in [0.2, 0.25) is 0 Å². The average molecular weight is 433 g/mol. The fourth-order valence-corrected chi connectivity index (χ4v) is 4.40. The number of amides is 1. The number of nitrogens with zero attached hydrogens (tertiary/aromatic N) is 2. The van der Waals surface area contributed by atoms with Gasteiger partial charge in [0.2, 0.25) is 0 Å². The topological polar surface area (TPSA) is 79.7 Å². The van der Waals surface area contributed by atoms with Crippen LogP contribution < -0.4 is 4.74 Å². The second-order valence-corrected chi connectivity index (χ2v) is 8.53. The number of fused-ring (bicyclic) bond motifs is 1. The fraction of sp³-hybridized carbons (Fsp3) is 0.346. The molecule has 0 spiro atoms. The molecule has 1 saturated heterocycles. The number of carbonyl (C=O) groups is 2. The van der Waals surface area contributed by atoms with Gasteiger partial charge in [-0.15, -0.1) is 0 Å². The van der Waals surface area contributed by atoms with Gasteiger partial charge in [-0.2, -0.15) is 0 Å². The molecule has 1 aromatic heterocycles. The first-order chi connectivity index (χ1) is 15.3. The van der Waals surface area contributed by atoms with Crippen LogP contribution in [0.1, 0.15) is 31.0 Å². The normalized spacial score (nSPS) is 17.2. The Morgan fingerprint density at radius 3 is 2.66 bits per heavy atom. The summed E-state index contributed by atoms with van der Waals surface area (Å²) in [5.41, 5.74) is 5.20. The molecule has 0 unspecified atom stereocenters. The number of aryl methyl sites for hydroxylation is 2. The monoisotopic (exact) mass is 432 g/mol. The van der Waals surface area contributed by atoms with E-state index < -0.39 is 18.0 Å². The summed E-state index contributed by atoms with van der Waals surface area (Å²) in [7, 11) is 0. The van der Waals surface area contributed by atoms with E-state index in [0.717, 1.165) is 22.2 Å². The maximum Gasteiger partial charge on any atom is 0.308 e. The molecule has 0 bridgehead atoms. The lowest BCUT2D eigenvalue weighted by atomic mass is 9.96. The van der Waals surface area contributed by atoms with Crippen LogP contribution in [-0.2, 0) is 9.59 Å². The Kier molecular flexibility index (Phi) is 6.12. The van der Waals surface area contributed by atoms with Gasteiger partial charge in [0.05, 0.1) is 11.4 Å². The molecule has 1 aliphatic rings. The molecule has 2 atom stereocenters. The van der Waals surface area contributed by atoms with E-state index in [-0.39, 0.29) is 12.5 Å². The number of aliphatic carboxylic acids is 1. The van der Waals surface area contributed by atoms with Crippen molar-refractivity contribution in [2.75, 3.05) is 13.1 Å². The number of hydrogen-bond donors (Lipinski definition) is 1. The highest BCUT2D eigenvalue weighted by Gasteiger charge is 2.31. The van der Waals surface area contributed by atoms with Crippen molar-refractivity contribution in [3.8, 4) is 16.9 Å². The fourth-order valence-electron chi connectivity index (χ4n) is 4.40. The lowest BCUT2D eigenvalue weighted by molar-refractivity contribution is -0.147. The number of aromatic nitrogens is 1. The first-order valence-corrected chi connectivity index (χ1v) is 11.0. The predicted octanol–water partition coefficient (Wildman–Crippen LogP) is 4.61. The average Bonchev–Trinajstić information content (AvgIpc) is 2.78. The molecule has 3 aromatic rings. The number of carbonyl (C=O) groups excluding carboxylic acids is 1. The molecular weight excluding hydrogens is 404 g/mol. The molecule has 1 amide bonds. The lowest BCUT2D eigenvalue weighted by Crippen LogP contribution is -2.47. The zero-order valence-electron chi connectivity index (χ0n) is 18.7. The van der Waals surface area contributed by atoms with Gasteiger partial charge in [-0.3, -0.25) is 14.6 Å². The molecule has 1 fully saturated rings. The van der Waals surface area contributed by atoms with Crippen LogP contribution >= 0.6 is 0 Å². The molecule has 0 aliphatic carbocycles. The van der Waals surface area contributed by atoms with Crippen molar-refractivity contribution in [1.29, 1.82) is 0 Å². The minimum absolute atomic E-state index is 0.186. The second kappa shape index (κ2) is 8.99. The van der Waals surface area contributed by atoms with Gasteiger partial charge in [0.25, 0.3) is 5.91 Å². The minimum atomic E-state index is -0.850. The molecule has 0 saturated carbocycles. The van der Waals surface area contributed by atoms with Gasteiger partial charge in [-0.1, -0.05) is 24.3 Å². The minimum Gasteiger partial charge on any atom is -0.481 e.